The van der Waals surface area contributed by atoms with Crippen LogP contribution in [-0.4, -0.2) is 14.2 Å². The monoisotopic (exact) mass is 256 g/mol. The molecule has 0 saturated heterocycles. The van der Waals surface area contributed by atoms with Gasteiger partial charge in [0.15, 0.2) is 0 Å². The Morgan fingerprint density at radius 3 is 2.32 bits per heavy atom. The van der Waals surface area contributed by atoms with Crippen molar-refractivity contribution in [3.8, 4) is 11.5 Å². The summed E-state index contributed by atoms with van der Waals surface area (Å²) in [6.45, 7) is 0. The Balaban J connectivity index is 1.96. The number of hydrogen-bond donors (Lipinski definition) is 0. The van der Waals surface area contributed by atoms with Gasteiger partial charge in [0, 0.05) is 6.07 Å². The summed E-state index contributed by atoms with van der Waals surface area (Å²) >= 11 is 0. The SMILES string of the molecule is COc1ccc(CCCc2ccccc2)c(OC)c1. The minimum atomic E-state index is 0.837. The molecule has 0 aromatic heterocycles. The maximum absolute atomic E-state index is 5.41. The van der Waals surface area contributed by atoms with Crippen LogP contribution in [0.25, 0.3) is 0 Å². The van der Waals surface area contributed by atoms with Crippen LogP contribution in [0, 0.1) is 0 Å². The van der Waals surface area contributed by atoms with E-state index in [4.69, 9.17) is 9.47 Å². The zero-order valence-electron chi connectivity index (χ0n) is 11.6. The van der Waals surface area contributed by atoms with Gasteiger partial charge in [-0.1, -0.05) is 36.4 Å². The van der Waals surface area contributed by atoms with E-state index in [0.717, 1.165) is 30.8 Å². The van der Waals surface area contributed by atoms with E-state index < -0.39 is 0 Å². The van der Waals surface area contributed by atoms with Crippen LogP contribution < -0.4 is 9.47 Å². The molecular weight excluding hydrogens is 236 g/mol. The molecule has 0 aliphatic heterocycles. The fraction of sp³-hybridized carbons (Fsp3) is 0.294. The van der Waals surface area contributed by atoms with Gasteiger partial charge in [0.1, 0.15) is 11.5 Å². The third-order valence-corrected chi connectivity index (χ3v) is 3.25. The Morgan fingerprint density at radius 2 is 1.63 bits per heavy atom. The highest BCUT2D eigenvalue weighted by Gasteiger charge is 2.04. The van der Waals surface area contributed by atoms with Gasteiger partial charge in [-0.25, -0.2) is 0 Å². The normalized spacial score (nSPS) is 10.2. The lowest BCUT2D eigenvalue weighted by molar-refractivity contribution is 0.390. The lowest BCUT2D eigenvalue weighted by atomic mass is 10.0. The topological polar surface area (TPSA) is 18.5 Å². The second kappa shape index (κ2) is 6.83. The Labute approximate surface area is 115 Å². The van der Waals surface area contributed by atoms with E-state index in [0.29, 0.717) is 0 Å². The van der Waals surface area contributed by atoms with Crippen molar-refractivity contribution in [3.63, 3.8) is 0 Å². The van der Waals surface area contributed by atoms with E-state index in [9.17, 15) is 0 Å². The van der Waals surface area contributed by atoms with Crippen molar-refractivity contribution in [2.45, 2.75) is 19.3 Å². The molecule has 0 fully saturated rings. The van der Waals surface area contributed by atoms with Crippen molar-refractivity contribution in [2.24, 2.45) is 0 Å². The van der Waals surface area contributed by atoms with Crippen LogP contribution in [0.2, 0.25) is 0 Å². The number of aryl methyl sites for hydroxylation is 2. The number of benzene rings is 2. The lowest BCUT2D eigenvalue weighted by Crippen LogP contribution is -1.95. The predicted octanol–water partition coefficient (Wildman–Crippen LogP) is 3.88. The number of rotatable bonds is 6. The first-order valence-corrected chi connectivity index (χ1v) is 6.58. The molecule has 2 heteroatoms. The molecule has 0 bridgehead atoms. The predicted molar refractivity (Wildman–Crippen MR) is 78.0 cm³/mol. The third-order valence-electron chi connectivity index (χ3n) is 3.25. The van der Waals surface area contributed by atoms with Gasteiger partial charge in [0.05, 0.1) is 14.2 Å². The van der Waals surface area contributed by atoms with Gasteiger partial charge in [-0.2, -0.15) is 0 Å². The molecule has 2 rings (SSSR count). The molecule has 0 radical (unpaired) electrons. The third kappa shape index (κ3) is 3.75. The average Bonchev–Trinajstić information content (AvgIpc) is 2.48. The van der Waals surface area contributed by atoms with E-state index >= 15 is 0 Å². The smallest absolute Gasteiger partial charge is 0.125 e. The lowest BCUT2D eigenvalue weighted by Gasteiger charge is -2.10. The molecule has 0 amide bonds. The van der Waals surface area contributed by atoms with E-state index in [-0.39, 0.29) is 0 Å². The van der Waals surface area contributed by atoms with Crippen molar-refractivity contribution in [2.75, 3.05) is 14.2 Å². The molecule has 0 atom stereocenters. The first-order chi connectivity index (χ1) is 9.33. The fourth-order valence-corrected chi connectivity index (χ4v) is 2.19. The molecule has 0 N–H and O–H groups in total. The fourth-order valence-electron chi connectivity index (χ4n) is 2.19. The van der Waals surface area contributed by atoms with E-state index in [1.807, 2.05) is 12.1 Å². The van der Waals surface area contributed by atoms with Crippen molar-refractivity contribution in [1.82, 2.24) is 0 Å². The van der Waals surface area contributed by atoms with Crippen molar-refractivity contribution >= 4 is 0 Å². The Kier molecular flexibility index (Phi) is 4.85. The van der Waals surface area contributed by atoms with Crippen LogP contribution in [0.5, 0.6) is 11.5 Å². The molecule has 19 heavy (non-hydrogen) atoms. The zero-order valence-corrected chi connectivity index (χ0v) is 11.6. The van der Waals surface area contributed by atoms with Crippen LogP contribution in [0.15, 0.2) is 48.5 Å². The van der Waals surface area contributed by atoms with Gasteiger partial charge in [-0.3, -0.25) is 0 Å². The quantitative estimate of drug-likeness (QED) is 0.781. The van der Waals surface area contributed by atoms with Gasteiger partial charge in [-0.15, -0.1) is 0 Å². The Hall–Kier alpha value is -1.96. The molecule has 0 unspecified atom stereocenters. The van der Waals surface area contributed by atoms with Crippen LogP contribution >= 0.6 is 0 Å². The average molecular weight is 256 g/mol. The summed E-state index contributed by atoms with van der Waals surface area (Å²) in [4.78, 5) is 0. The minimum Gasteiger partial charge on any atom is -0.497 e. The van der Waals surface area contributed by atoms with E-state index in [1.54, 1.807) is 14.2 Å². The van der Waals surface area contributed by atoms with Crippen LogP contribution in [0.3, 0.4) is 0 Å². The van der Waals surface area contributed by atoms with Crippen molar-refractivity contribution < 1.29 is 9.47 Å². The number of methoxy groups -OCH3 is 2. The highest BCUT2D eigenvalue weighted by molar-refractivity contribution is 5.40. The number of ether oxygens (including phenoxy) is 2. The second-order valence-corrected chi connectivity index (χ2v) is 4.52. The first-order valence-electron chi connectivity index (χ1n) is 6.58. The largest absolute Gasteiger partial charge is 0.497 e. The molecular formula is C17H20O2. The first kappa shape index (κ1) is 13.5. The highest BCUT2D eigenvalue weighted by atomic mass is 16.5. The maximum atomic E-state index is 5.41. The maximum Gasteiger partial charge on any atom is 0.125 e. The highest BCUT2D eigenvalue weighted by Crippen LogP contribution is 2.25. The molecule has 0 spiro atoms. The van der Waals surface area contributed by atoms with Gasteiger partial charge >= 0.3 is 0 Å². The van der Waals surface area contributed by atoms with E-state index in [1.165, 1.54) is 11.1 Å². The van der Waals surface area contributed by atoms with Crippen molar-refractivity contribution in [3.05, 3.63) is 59.7 Å². The summed E-state index contributed by atoms with van der Waals surface area (Å²) < 4.78 is 10.6. The van der Waals surface area contributed by atoms with Crippen LogP contribution in [-0.2, 0) is 12.8 Å². The van der Waals surface area contributed by atoms with Crippen LogP contribution in [0.1, 0.15) is 17.5 Å². The number of hydrogen-bond acceptors (Lipinski definition) is 2. The molecule has 2 aromatic carbocycles. The zero-order chi connectivity index (χ0) is 13.5. The summed E-state index contributed by atoms with van der Waals surface area (Å²) in [6, 6.07) is 16.6. The molecule has 100 valence electrons. The Morgan fingerprint density at radius 1 is 0.842 bits per heavy atom. The second-order valence-electron chi connectivity index (χ2n) is 4.52. The molecule has 0 saturated carbocycles. The van der Waals surface area contributed by atoms with E-state index in [2.05, 4.69) is 36.4 Å². The summed E-state index contributed by atoms with van der Waals surface area (Å²) in [7, 11) is 3.37. The molecule has 0 aliphatic carbocycles. The van der Waals surface area contributed by atoms with Crippen LogP contribution in [0.4, 0.5) is 0 Å². The molecule has 2 aromatic rings. The summed E-state index contributed by atoms with van der Waals surface area (Å²) in [5.41, 5.74) is 2.62. The minimum absolute atomic E-state index is 0.837. The van der Waals surface area contributed by atoms with Gasteiger partial charge in [0.2, 0.25) is 0 Å². The van der Waals surface area contributed by atoms with Gasteiger partial charge in [-0.05, 0) is 36.5 Å². The van der Waals surface area contributed by atoms with Crippen molar-refractivity contribution in [1.29, 1.82) is 0 Å². The summed E-state index contributed by atoms with van der Waals surface area (Å²) in [5.74, 6) is 1.75. The molecule has 2 nitrogen and oxygen atoms in total. The Bertz CT molecular complexity index is 506. The van der Waals surface area contributed by atoms with Gasteiger partial charge in [0.25, 0.3) is 0 Å². The summed E-state index contributed by atoms with van der Waals surface area (Å²) in [5, 5.41) is 0. The molecule has 0 aliphatic rings. The standard InChI is InChI=1S/C17H20O2/c1-18-16-12-11-15(17(13-16)19-2)10-6-9-14-7-4-3-5-8-14/h3-5,7-8,11-13H,6,9-10H2,1-2H3. The van der Waals surface area contributed by atoms with Gasteiger partial charge < -0.3 is 9.47 Å². The summed E-state index contributed by atoms with van der Waals surface area (Å²) in [6.07, 6.45) is 3.23. The molecule has 0 heterocycles.